The molecule has 0 saturated carbocycles. The van der Waals surface area contributed by atoms with Crippen LogP contribution in [0.2, 0.25) is 0 Å². The van der Waals surface area contributed by atoms with Crippen LogP contribution < -0.4 is 10.4 Å². The molecule has 4 aromatic rings. The first-order valence-corrected chi connectivity index (χ1v) is 8.20. The summed E-state index contributed by atoms with van der Waals surface area (Å²) in [7, 11) is 0. The van der Waals surface area contributed by atoms with Crippen molar-refractivity contribution in [2.75, 3.05) is 0 Å². The van der Waals surface area contributed by atoms with Crippen molar-refractivity contribution in [2.45, 2.75) is 6.42 Å². The molecule has 0 spiro atoms. The second kappa shape index (κ2) is 5.35. The normalized spacial score (nSPS) is 12.3. The number of rotatable bonds is 1. The molecule has 5 rings (SSSR count). The molecule has 1 aliphatic rings. The van der Waals surface area contributed by atoms with E-state index in [2.05, 4.69) is 6.07 Å². The van der Waals surface area contributed by atoms with Gasteiger partial charge in [0.2, 0.25) is 0 Å². The molecule has 3 nitrogen and oxygen atoms in total. The van der Waals surface area contributed by atoms with Gasteiger partial charge in [-0.1, -0.05) is 48.5 Å². The lowest BCUT2D eigenvalue weighted by Gasteiger charge is -2.22. The van der Waals surface area contributed by atoms with Gasteiger partial charge in [-0.15, -0.1) is 0 Å². The SMILES string of the molecule is O=c1oc2ccccc2cc1-c1cccc2c1Cc1ccccc1O2. The number of ether oxygens (including phenoxy) is 1. The monoisotopic (exact) mass is 326 g/mol. The molecule has 25 heavy (non-hydrogen) atoms. The van der Waals surface area contributed by atoms with Crippen molar-refractivity contribution in [1.82, 2.24) is 0 Å². The lowest BCUT2D eigenvalue weighted by molar-refractivity contribution is 0.460. The molecule has 0 atom stereocenters. The predicted octanol–water partition coefficient (Wildman–Crippen LogP) is 5.16. The molecule has 0 aliphatic carbocycles. The zero-order chi connectivity index (χ0) is 16.8. The van der Waals surface area contributed by atoms with Gasteiger partial charge in [0.25, 0.3) is 0 Å². The Morgan fingerprint density at radius 2 is 1.56 bits per heavy atom. The average Bonchev–Trinajstić information content (AvgIpc) is 2.65. The first-order valence-electron chi connectivity index (χ1n) is 8.20. The molecule has 0 saturated heterocycles. The summed E-state index contributed by atoms with van der Waals surface area (Å²) in [5.41, 5.74) is 3.84. The van der Waals surface area contributed by atoms with E-state index < -0.39 is 0 Å². The number of fused-ring (bicyclic) bond motifs is 3. The minimum absolute atomic E-state index is 0.328. The minimum Gasteiger partial charge on any atom is -0.457 e. The van der Waals surface area contributed by atoms with Gasteiger partial charge in [-0.3, -0.25) is 0 Å². The Morgan fingerprint density at radius 1 is 0.760 bits per heavy atom. The van der Waals surface area contributed by atoms with Crippen molar-refractivity contribution >= 4 is 11.0 Å². The van der Waals surface area contributed by atoms with Crippen LogP contribution >= 0.6 is 0 Å². The van der Waals surface area contributed by atoms with Crippen molar-refractivity contribution in [3.63, 3.8) is 0 Å². The summed E-state index contributed by atoms with van der Waals surface area (Å²) in [6.07, 6.45) is 0.730. The van der Waals surface area contributed by atoms with Crippen molar-refractivity contribution in [3.05, 3.63) is 94.3 Å². The van der Waals surface area contributed by atoms with E-state index in [0.29, 0.717) is 11.1 Å². The van der Waals surface area contributed by atoms with Gasteiger partial charge in [-0.25, -0.2) is 4.79 Å². The summed E-state index contributed by atoms with van der Waals surface area (Å²) in [6, 6.07) is 23.2. The van der Waals surface area contributed by atoms with Crippen LogP contribution in [0, 0.1) is 0 Å². The fraction of sp³-hybridized carbons (Fsp3) is 0.0455. The van der Waals surface area contributed by atoms with Crippen LogP contribution in [0.5, 0.6) is 11.5 Å². The smallest absolute Gasteiger partial charge is 0.344 e. The lowest BCUT2D eigenvalue weighted by Crippen LogP contribution is -2.08. The van der Waals surface area contributed by atoms with Gasteiger partial charge in [0, 0.05) is 17.4 Å². The Hall–Kier alpha value is -3.33. The summed E-state index contributed by atoms with van der Waals surface area (Å²) in [4.78, 5) is 12.6. The Labute approximate surface area is 144 Å². The van der Waals surface area contributed by atoms with Gasteiger partial charge in [0.1, 0.15) is 17.1 Å². The van der Waals surface area contributed by atoms with E-state index in [9.17, 15) is 4.79 Å². The van der Waals surface area contributed by atoms with Crippen LogP contribution in [0.1, 0.15) is 11.1 Å². The highest BCUT2D eigenvalue weighted by Crippen LogP contribution is 2.40. The molecule has 0 amide bonds. The summed E-state index contributed by atoms with van der Waals surface area (Å²) in [5, 5.41) is 0.909. The summed E-state index contributed by atoms with van der Waals surface area (Å²) >= 11 is 0. The number of para-hydroxylation sites is 2. The highest BCUT2D eigenvalue weighted by Gasteiger charge is 2.21. The molecule has 0 bridgehead atoms. The van der Waals surface area contributed by atoms with E-state index in [1.54, 1.807) is 6.07 Å². The fourth-order valence-electron chi connectivity index (χ4n) is 3.40. The average molecular weight is 326 g/mol. The van der Waals surface area contributed by atoms with Crippen molar-refractivity contribution in [1.29, 1.82) is 0 Å². The lowest BCUT2D eigenvalue weighted by atomic mass is 9.92. The zero-order valence-electron chi connectivity index (χ0n) is 13.4. The second-order valence-corrected chi connectivity index (χ2v) is 6.15. The first-order chi connectivity index (χ1) is 12.3. The minimum atomic E-state index is -0.328. The molecular formula is C22H14O3. The van der Waals surface area contributed by atoms with E-state index in [0.717, 1.165) is 40.0 Å². The van der Waals surface area contributed by atoms with Crippen molar-refractivity contribution < 1.29 is 9.15 Å². The molecule has 0 radical (unpaired) electrons. The molecule has 1 aliphatic heterocycles. The molecule has 0 N–H and O–H groups in total. The van der Waals surface area contributed by atoms with Crippen LogP contribution in [-0.2, 0) is 6.42 Å². The van der Waals surface area contributed by atoms with Gasteiger partial charge >= 0.3 is 5.63 Å². The van der Waals surface area contributed by atoms with Crippen LogP contribution in [0.3, 0.4) is 0 Å². The Balaban J connectivity index is 1.73. The molecule has 1 aromatic heterocycles. The van der Waals surface area contributed by atoms with Gasteiger partial charge in [-0.2, -0.15) is 0 Å². The molecule has 0 unspecified atom stereocenters. The van der Waals surface area contributed by atoms with E-state index in [1.807, 2.05) is 60.7 Å². The summed E-state index contributed by atoms with van der Waals surface area (Å²) in [5.74, 6) is 1.67. The van der Waals surface area contributed by atoms with E-state index in [1.165, 1.54) is 0 Å². The zero-order valence-corrected chi connectivity index (χ0v) is 13.4. The maximum atomic E-state index is 12.6. The summed E-state index contributed by atoms with van der Waals surface area (Å²) in [6.45, 7) is 0. The van der Waals surface area contributed by atoms with Gasteiger partial charge in [0.05, 0.1) is 5.56 Å². The highest BCUT2D eigenvalue weighted by molar-refractivity contribution is 5.83. The highest BCUT2D eigenvalue weighted by atomic mass is 16.5. The second-order valence-electron chi connectivity index (χ2n) is 6.15. The Kier molecular flexibility index (Phi) is 3.01. The molecule has 0 fully saturated rings. The topological polar surface area (TPSA) is 39.4 Å². The number of hydrogen-bond donors (Lipinski definition) is 0. The van der Waals surface area contributed by atoms with Crippen LogP contribution in [0.4, 0.5) is 0 Å². The Morgan fingerprint density at radius 3 is 2.52 bits per heavy atom. The molecule has 3 aromatic carbocycles. The molecule has 120 valence electrons. The van der Waals surface area contributed by atoms with Crippen LogP contribution in [0.25, 0.3) is 22.1 Å². The van der Waals surface area contributed by atoms with Crippen LogP contribution in [-0.4, -0.2) is 0 Å². The van der Waals surface area contributed by atoms with Crippen molar-refractivity contribution in [3.8, 4) is 22.6 Å². The maximum absolute atomic E-state index is 12.6. The third-order valence-corrected chi connectivity index (χ3v) is 4.62. The van der Waals surface area contributed by atoms with E-state index in [4.69, 9.17) is 9.15 Å². The van der Waals surface area contributed by atoms with Gasteiger partial charge < -0.3 is 9.15 Å². The fourth-order valence-corrected chi connectivity index (χ4v) is 3.40. The van der Waals surface area contributed by atoms with Crippen LogP contribution in [0.15, 0.2) is 82.0 Å². The van der Waals surface area contributed by atoms with E-state index in [-0.39, 0.29) is 5.63 Å². The van der Waals surface area contributed by atoms with E-state index >= 15 is 0 Å². The third kappa shape index (κ3) is 2.24. The number of benzene rings is 3. The molecular weight excluding hydrogens is 312 g/mol. The molecule has 2 heterocycles. The van der Waals surface area contributed by atoms with Gasteiger partial charge in [0.15, 0.2) is 0 Å². The molecule has 3 heteroatoms. The van der Waals surface area contributed by atoms with Crippen molar-refractivity contribution in [2.24, 2.45) is 0 Å². The quantitative estimate of drug-likeness (QED) is 0.400. The maximum Gasteiger partial charge on any atom is 0.344 e. The standard InChI is InChI=1S/C22H14O3/c23-22-18(13-15-7-2-4-10-20(15)25-22)16-8-5-11-21-17(16)12-14-6-1-3-9-19(14)24-21/h1-11,13H,12H2. The Bertz CT molecular complexity index is 1170. The third-order valence-electron chi connectivity index (χ3n) is 4.62. The van der Waals surface area contributed by atoms with Gasteiger partial charge in [-0.05, 0) is 35.4 Å². The summed E-state index contributed by atoms with van der Waals surface area (Å²) < 4.78 is 11.5. The largest absolute Gasteiger partial charge is 0.457 e. The number of hydrogen-bond acceptors (Lipinski definition) is 3. The predicted molar refractivity (Wildman–Crippen MR) is 97.2 cm³/mol. The first kappa shape index (κ1) is 14.1.